The number of carbonyl (C=O) groups excluding carboxylic acids is 1. The number of amides is 1. The SMILES string of the molecule is Cc1ccc(/C=C(/C#N)C(=O)N2N=C3/C(=C/c4ccccc4)CCC[C@@H]3[C@@H]2c2ccccc2)cc1. The van der Waals surface area contributed by atoms with Gasteiger partial charge in [-0.25, -0.2) is 5.01 Å². The van der Waals surface area contributed by atoms with Crippen LogP contribution in [-0.2, 0) is 4.79 Å². The molecule has 4 nitrogen and oxygen atoms in total. The Morgan fingerprint density at radius 1 is 0.971 bits per heavy atom. The monoisotopic (exact) mass is 457 g/mol. The minimum Gasteiger partial charge on any atom is -0.266 e. The second kappa shape index (κ2) is 9.95. The van der Waals surface area contributed by atoms with Crippen molar-refractivity contribution in [1.82, 2.24) is 5.01 Å². The predicted molar refractivity (Wildman–Crippen MR) is 140 cm³/mol. The van der Waals surface area contributed by atoms with Crippen molar-refractivity contribution in [2.75, 3.05) is 0 Å². The van der Waals surface area contributed by atoms with E-state index in [-0.39, 0.29) is 23.4 Å². The Labute approximate surface area is 206 Å². The van der Waals surface area contributed by atoms with Gasteiger partial charge >= 0.3 is 0 Å². The van der Waals surface area contributed by atoms with Crippen molar-refractivity contribution >= 4 is 23.8 Å². The number of benzene rings is 3. The molecule has 2 aliphatic rings. The molecule has 1 aliphatic carbocycles. The van der Waals surface area contributed by atoms with Gasteiger partial charge in [0.25, 0.3) is 5.91 Å². The fourth-order valence-corrected chi connectivity index (χ4v) is 5.00. The molecule has 3 aromatic rings. The lowest BCUT2D eigenvalue weighted by atomic mass is 9.77. The highest BCUT2D eigenvalue weighted by Crippen LogP contribution is 2.44. The number of hydrogen-bond acceptors (Lipinski definition) is 3. The van der Waals surface area contributed by atoms with Crippen LogP contribution in [0.3, 0.4) is 0 Å². The highest BCUT2D eigenvalue weighted by Gasteiger charge is 2.44. The quantitative estimate of drug-likeness (QED) is 0.322. The first kappa shape index (κ1) is 22.6. The van der Waals surface area contributed by atoms with Gasteiger partial charge in [-0.05, 0) is 60.6 Å². The van der Waals surface area contributed by atoms with Crippen molar-refractivity contribution in [3.8, 4) is 6.07 Å². The van der Waals surface area contributed by atoms with E-state index in [1.807, 2.05) is 79.7 Å². The van der Waals surface area contributed by atoms with Gasteiger partial charge in [-0.15, -0.1) is 0 Å². The number of aryl methyl sites for hydroxylation is 1. The molecular weight excluding hydrogens is 430 g/mol. The van der Waals surface area contributed by atoms with Gasteiger partial charge < -0.3 is 0 Å². The van der Waals surface area contributed by atoms with Crippen LogP contribution in [-0.4, -0.2) is 16.6 Å². The lowest BCUT2D eigenvalue weighted by Gasteiger charge is -2.29. The Morgan fingerprint density at radius 2 is 1.66 bits per heavy atom. The Balaban J connectivity index is 1.56. The Bertz CT molecular complexity index is 1350. The molecular formula is C31H27N3O. The first-order valence-electron chi connectivity index (χ1n) is 12.1. The van der Waals surface area contributed by atoms with Gasteiger partial charge in [-0.3, -0.25) is 4.79 Å². The number of nitriles is 1. The third-order valence-corrected chi connectivity index (χ3v) is 6.73. The Hall–Kier alpha value is -4.23. The zero-order valence-corrected chi connectivity index (χ0v) is 19.8. The van der Waals surface area contributed by atoms with Crippen molar-refractivity contribution in [3.63, 3.8) is 0 Å². The van der Waals surface area contributed by atoms with Crippen LogP contribution in [0.25, 0.3) is 12.2 Å². The molecule has 1 heterocycles. The van der Waals surface area contributed by atoms with E-state index < -0.39 is 0 Å². The second-order valence-corrected chi connectivity index (χ2v) is 9.15. The van der Waals surface area contributed by atoms with Crippen molar-refractivity contribution in [1.29, 1.82) is 5.26 Å². The summed E-state index contributed by atoms with van der Waals surface area (Å²) in [6.45, 7) is 2.01. The average molecular weight is 458 g/mol. The third-order valence-electron chi connectivity index (χ3n) is 6.73. The number of allylic oxidation sites excluding steroid dienone is 1. The molecule has 0 bridgehead atoms. The molecule has 2 atom stereocenters. The molecule has 1 fully saturated rings. The average Bonchev–Trinajstić information content (AvgIpc) is 3.30. The normalized spacial score (nSPS) is 20.8. The van der Waals surface area contributed by atoms with Crippen LogP contribution >= 0.6 is 0 Å². The van der Waals surface area contributed by atoms with Crippen LogP contribution in [0.15, 0.2) is 101 Å². The molecule has 1 saturated carbocycles. The van der Waals surface area contributed by atoms with Crippen LogP contribution in [0.4, 0.5) is 0 Å². The zero-order valence-electron chi connectivity index (χ0n) is 19.8. The highest BCUT2D eigenvalue weighted by atomic mass is 16.2. The standard InChI is InChI=1S/C31H27N3O/c1-22-15-17-24(18-16-22)20-27(21-32)31(35)34-30(25-11-6-3-7-12-25)28-14-8-13-26(29(28)33-34)19-23-9-4-2-5-10-23/h2-7,9-12,15-20,28,30H,8,13-14H2,1H3/b26-19+,27-20-/t28-,30-/m0/s1. The maximum Gasteiger partial charge on any atom is 0.285 e. The number of nitrogens with zero attached hydrogens (tertiary/aromatic N) is 3. The number of carbonyl (C=O) groups is 1. The smallest absolute Gasteiger partial charge is 0.266 e. The molecule has 172 valence electrons. The summed E-state index contributed by atoms with van der Waals surface area (Å²) in [7, 11) is 0. The third kappa shape index (κ3) is 4.72. The van der Waals surface area contributed by atoms with Gasteiger partial charge in [0.15, 0.2) is 0 Å². The minimum absolute atomic E-state index is 0.0892. The highest BCUT2D eigenvalue weighted by molar-refractivity contribution is 6.10. The van der Waals surface area contributed by atoms with E-state index in [4.69, 9.17) is 5.10 Å². The second-order valence-electron chi connectivity index (χ2n) is 9.15. The van der Waals surface area contributed by atoms with Gasteiger partial charge in [-0.2, -0.15) is 10.4 Å². The van der Waals surface area contributed by atoms with E-state index in [1.165, 1.54) is 5.57 Å². The molecule has 4 heteroatoms. The Kier molecular flexibility index (Phi) is 6.41. The maximum atomic E-state index is 13.7. The number of fused-ring (bicyclic) bond motifs is 1. The molecule has 1 aliphatic heterocycles. The van der Waals surface area contributed by atoms with Crippen molar-refractivity contribution in [2.45, 2.75) is 32.2 Å². The van der Waals surface area contributed by atoms with E-state index in [1.54, 1.807) is 11.1 Å². The first-order valence-corrected chi connectivity index (χ1v) is 12.1. The van der Waals surface area contributed by atoms with E-state index in [0.717, 1.165) is 47.2 Å². The maximum absolute atomic E-state index is 13.7. The van der Waals surface area contributed by atoms with E-state index >= 15 is 0 Å². The summed E-state index contributed by atoms with van der Waals surface area (Å²) in [5.41, 5.74) is 6.35. The molecule has 0 aromatic heterocycles. The summed E-state index contributed by atoms with van der Waals surface area (Å²) >= 11 is 0. The summed E-state index contributed by atoms with van der Waals surface area (Å²) in [6.07, 6.45) is 6.77. The van der Waals surface area contributed by atoms with E-state index in [2.05, 4.69) is 24.3 Å². The summed E-state index contributed by atoms with van der Waals surface area (Å²) in [5.74, 6) is -0.257. The Morgan fingerprint density at radius 3 is 2.34 bits per heavy atom. The molecule has 0 saturated heterocycles. The summed E-state index contributed by atoms with van der Waals surface area (Å²) in [6, 6.07) is 30.0. The summed E-state index contributed by atoms with van der Waals surface area (Å²) < 4.78 is 0. The minimum atomic E-state index is -0.358. The fraction of sp³-hybridized carbons (Fsp3) is 0.194. The number of hydrogen-bond donors (Lipinski definition) is 0. The van der Waals surface area contributed by atoms with Crippen LogP contribution < -0.4 is 0 Å². The largest absolute Gasteiger partial charge is 0.285 e. The van der Waals surface area contributed by atoms with Crippen molar-refractivity contribution in [2.24, 2.45) is 11.0 Å². The molecule has 0 unspecified atom stereocenters. The summed E-state index contributed by atoms with van der Waals surface area (Å²) in [4.78, 5) is 13.7. The molecule has 0 spiro atoms. The molecule has 0 radical (unpaired) electrons. The van der Waals surface area contributed by atoms with Crippen molar-refractivity contribution < 1.29 is 4.79 Å². The first-order chi connectivity index (χ1) is 17.1. The van der Waals surface area contributed by atoms with Crippen LogP contribution in [0.1, 0.15) is 47.6 Å². The van der Waals surface area contributed by atoms with Crippen LogP contribution in [0.2, 0.25) is 0 Å². The number of hydrazone groups is 1. The topological polar surface area (TPSA) is 56.5 Å². The summed E-state index contributed by atoms with van der Waals surface area (Å²) in [5, 5.41) is 16.4. The van der Waals surface area contributed by atoms with E-state index in [0.29, 0.717) is 0 Å². The van der Waals surface area contributed by atoms with Gasteiger partial charge in [0, 0.05) is 5.92 Å². The van der Waals surface area contributed by atoms with Gasteiger partial charge in [0.05, 0.1) is 11.8 Å². The van der Waals surface area contributed by atoms with Crippen LogP contribution in [0, 0.1) is 24.2 Å². The van der Waals surface area contributed by atoms with Gasteiger partial charge in [0.2, 0.25) is 0 Å². The molecule has 1 amide bonds. The lowest BCUT2D eigenvalue weighted by Crippen LogP contribution is -2.32. The van der Waals surface area contributed by atoms with Crippen molar-refractivity contribution in [3.05, 3.63) is 118 Å². The zero-order chi connectivity index (χ0) is 24.2. The molecule has 0 N–H and O–H groups in total. The van der Waals surface area contributed by atoms with E-state index in [9.17, 15) is 10.1 Å². The lowest BCUT2D eigenvalue weighted by molar-refractivity contribution is -0.129. The van der Waals surface area contributed by atoms with Crippen LogP contribution in [0.5, 0.6) is 0 Å². The van der Waals surface area contributed by atoms with Gasteiger partial charge in [-0.1, -0.05) is 90.5 Å². The van der Waals surface area contributed by atoms with Gasteiger partial charge in [0.1, 0.15) is 11.6 Å². The molecule has 35 heavy (non-hydrogen) atoms. The molecule has 3 aromatic carbocycles. The number of rotatable bonds is 4. The molecule has 5 rings (SSSR count). The predicted octanol–water partition coefficient (Wildman–Crippen LogP) is 6.73. The fourth-order valence-electron chi connectivity index (χ4n) is 5.00.